The third kappa shape index (κ3) is 7.17. The molecule has 0 aliphatic rings. The summed E-state index contributed by atoms with van der Waals surface area (Å²) in [5.41, 5.74) is 0. The highest BCUT2D eigenvalue weighted by Crippen LogP contribution is 2.44. The quantitative estimate of drug-likeness (QED) is 0.406. The number of alkyl halides is 6. The van der Waals surface area contributed by atoms with Crippen molar-refractivity contribution in [1.29, 1.82) is 5.26 Å². The van der Waals surface area contributed by atoms with Crippen LogP contribution < -0.4 is 0 Å². The van der Waals surface area contributed by atoms with Crippen molar-refractivity contribution in [2.24, 2.45) is 5.92 Å². The third-order valence-electron chi connectivity index (χ3n) is 2.15. The average molecular weight is 349 g/mol. The first kappa shape index (κ1) is 20.8. The van der Waals surface area contributed by atoms with Crippen LogP contribution in [0.5, 0.6) is 0 Å². The molecule has 0 amide bonds. The van der Waals surface area contributed by atoms with Crippen LogP contribution in [-0.2, 0) is 9.16 Å². The number of nitrogens with zero attached hydrogens (tertiary/aromatic N) is 1. The van der Waals surface area contributed by atoms with Crippen molar-refractivity contribution in [3.8, 4) is 6.07 Å². The van der Waals surface area contributed by atoms with E-state index in [2.05, 4.69) is 0 Å². The van der Waals surface area contributed by atoms with Gasteiger partial charge >= 0.3 is 12.4 Å². The highest BCUT2D eigenvalue weighted by molar-refractivity contribution is 6.70. The van der Waals surface area contributed by atoms with Gasteiger partial charge in [-0.2, -0.15) is 31.6 Å². The minimum absolute atomic E-state index is 0.0440. The van der Waals surface area contributed by atoms with Gasteiger partial charge in [0.15, 0.2) is 6.10 Å². The molecule has 0 radical (unpaired) electrons. The van der Waals surface area contributed by atoms with Gasteiger partial charge in [0.05, 0.1) is 6.07 Å². The maximum absolute atomic E-state index is 12.8. The van der Waals surface area contributed by atoms with Crippen molar-refractivity contribution in [2.75, 3.05) is 6.61 Å². The molecule has 10 heteroatoms. The molecule has 0 saturated heterocycles. The maximum atomic E-state index is 12.8. The summed E-state index contributed by atoms with van der Waals surface area (Å²) in [6, 6.07) is 1.48. The van der Waals surface area contributed by atoms with Crippen LogP contribution in [0.3, 0.4) is 0 Å². The standard InChI is InChI=1S/C12H17F6NO2Si/c1-5-20-8(7-19)6-9(21-22(2,3)4)10(11(13,14)15)12(16,17)18/h6,8,10H,5H2,1-4H3/b9-6+. The Morgan fingerprint density at radius 1 is 1.14 bits per heavy atom. The number of allylic oxidation sites excluding steroid dienone is 1. The lowest BCUT2D eigenvalue weighted by molar-refractivity contribution is -0.277. The van der Waals surface area contributed by atoms with Crippen LogP contribution in [0.2, 0.25) is 19.6 Å². The maximum Gasteiger partial charge on any atom is 0.407 e. The number of halogens is 6. The second-order valence-corrected chi connectivity index (χ2v) is 9.73. The van der Waals surface area contributed by atoms with E-state index in [1.54, 1.807) is 0 Å². The van der Waals surface area contributed by atoms with E-state index in [9.17, 15) is 26.3 Å². The summed E-state index contributed by atoms with van der Waals surface area (Å²) in [6.07, 6.45) is -12.3. The summed E-state index contributed by atoms with van der Waals surface area (Å²) >= 11 is 0. The molecule has 128 valence electrons. The van der Waals surface area contributed by atoms with Crippen molar-refractivity contribution >= 4 is 8.32 Å². The van der Waals surface area contributed by atoms with Gasteiger partial charge in [-0.3, -0.25) is 0 Å². The molecule has 0 aromatic carbocycles. The first-order chi connectivity index (χ1) is 9.72. The second-order valence-electron chi connectivity index (χ2n) is 5.30. The van der Waals surface area contributed by atoms with Crippen LogP contribution >= 0.6 is 0 Å². The van der Waals surface area contributed by atoms with Crippen LogP contribution in [0, 0.1) is 17.2 Å². The van der Waals surface area contributed by atoms with E-state index in [4.69, 9.17) is 14.4 Å². The van der Waals surface area contributed by atoms with Gasteiger partial charge in [-0.25, -0.2) is 0 Å². The third-order valence-corrected chi connectivity index (χ3v) is 3.00. The molecule has 0 aliphatic carbocycles. The van der Waals surface area contributed by atoms with E-state index in [1.165, 1.54) is 32.6 Å². The minimum Gasteiger partial charge on any atom is -0.547 e. The summed E-state index contributed by atoms with van der Waals surface area (Å²) in [4.78, 5) is 0. The number of hydrogen-bond acceptors (Lipinski definition) is 3. The Morgan fingerprint density at radius 2 is 1.59 bits per heavy atom. The first-order valence-corrected chi connectivity index (χ1v) is 9.68. The van der Waals surface area contributed by atoms with Gasteiger partial charge < -0.3 is 9.16 Å². The van der Waals surface area contributed by atoms with Crippen LogP contribution in [-0.4, -0.2) is 33.4 Å². The Morgan fingerprint density at radius 3 is 1.86 bits per heavy atom. The van der Waals surface area contributed by atoms with E-state index in [0.29, 0.717) is 6.08 Å². The molecule has 1 atom stereocenters. The molecule has 0 N–H and O–H groups in total. The molecule has 0 bridgehead atoms. The highest BCUT2D eigenvalue weighted by atomic mass is 28.4. The van der Waals surface area contributed by atoms with Gasteiger partial charge in [-0.15, -0.1) is 0 Å². The normalized spacial score (nSPS) is 15.6. The molecule has 22 heavy (non-hydrogen) atoms. The van der Waals surface area contributed by atoms with Crippen molar-refractivity contribution in [3.63, 3.8) is 0 Å². The van der Waals surface area contributed by atoms with Gasteiger partial charge in [-0.05, 0) is 32.6 Å². The molecular weight excluding hydrogens is 332 g/mol. The Bertz CT molecular complexity index is 419. The minimum atomic E-state index is -5.59. The molecule has 0 aliphatic heterocycles. The smallest absolute Gasteiger partial charge is 0.407 e. The fraction of sp³-hybridized carbons (Fsp3) is 0.750. The molecule has 0 spiro atoms. The highest BCUT2D eigenvalue weighted by Gasteiger charge is 2.60. The Labute approximate surface area is 125 Å². The number of hydrogen-bond donors (Lipinski definition) is 0. The van der Waals surface area contributed by atoms with E-state index in [0.717, 1.165) is 0 Å². The molecule has 0 rings (SSSR count). The Balaban J connectivity index is 5.93. The Kier molecular flexibility index (Phi) is 6.96. The molecule has 0 aromatic heterocycles. The van der Waals surface area contributed by atoms with Crippen molar-refractivity contribution in [1.82, 2.24) is 0 Å². The van der Waals surface area contributed by atoms with Crippen molar-refractivity contribution < 1.29 is 35.5 Å². The molecule has 0 heterocycles. The predicted molar refractivity (Wildman–Crippen MR) is 69.1 cm³/mol. The largest absolute Gasteiger partial charge is 0.547 e. The van der Waals surface area contributed by atoms with Crippen LogP contribution in [0.15, 0.2) is 11.8 Å². The number of rotatable bonds is 6. The van der Waals surface area contributed by atoms with Gasteiger partial charge in [-0.1, -0.05) is 0 Å². The summed E-state index contributed by atoms with van der Waals surface area (Å²) in [5, 5.41) is 8.77. The van der Waals surface area contributed by atoms with Gasteiger partial charge in [0.25, 0.3) is 0 Å². The zero-order chi connectivity index (χ0) is 17.8. The fourth-order valence-electron chi connectivity index (χ4n) is 1.50. The summed E-state index contributed by atoms with van der Waals surface area (Å²) in [5.74, 6) is -5.12. The fourth-order valence-corrected chi connectivity index (χ4v) is 2.40. The van der Waals surface area contributed by atoms with Crippen LogP contribution in [0.4, 0.5) is 26.3 Å². The summed E-state index contributed by atoms with van der Waals surface area (Å²) in [6.45, 7) is 5.73. The molecule has 3 nitrogen and oxygen atoms in total. The zero-order valence-corrected chi connectivity index (χ0v) is 13.5. The van der Waals surface area contributed by atoms with E-state index in [-0.39, 0.29) is 6.61 Å². The molecular formula is C12H17F6NO2Si. The van der Waals surface area contributed by atoms with Crippen molar-refractivity contribution in [2.45, 2.75) is 45.0 Å². The van der Waals surface area contributed by atoms with E-state index < -0.39 is 38.5 Å². The van der Waals surface area contributed by atoms with Gasteiger partial charge in [0.1, 0.15) is 5.76 Å². The lowest BCUT2D eigenvalue weighted by atomic mass is 10.0. The van der Waals surface area contributed by atoms with Crippen molar-refractivity contribution in [3.05, 3.63) is 11.8 Å². The lowest BCUT2D eigenvalue weighted by Crippen LogP contribution is -2.41. The SMILES string of the molecule is CCOC(C#N)/C=C(/O[Si](C)(C)C)C(C(F)(F)F)C(F)(F)F. The van der Waals surface area contributed by atoms with E-state index >= 15 is 0 Å². The second kappa shape index (κ2) is 7.37. The van der Waals surface area contributed by atoms with E-state index in [1.807, 2.05) is 0 Å². The summed E-state index contributed by atoms with van der Waals surface area (Å²) < 4.78 is 86.7. The van der Waals surface area contributed by atoms with Crippen LogP contribution in [0.25, 0.3) is 0 Å². The average Bonchev–Trinajstić information content (AvgIpc) is 2.21. The predicted octanol–water partition coefficient (Wildman–Crippen LogP) is 4.39. The number of ether oxygens (including phenoxy) is 1. The van der Waals surface area contributed by atoms with Gasteiger partial charge in [0, 0.05) is 6.61 Å². The van der Waals surface area contributed by atoms with Gasteiger partial charge in [0.2, 0.25) is 14.2 Å². The first-order valence-electron chi connectivity index (χ1n) is 6.27. The molecule has 0 saturated carbocycles. The zero-order valence-electron chi connectivity index (χ0n) is 12.5. The van der Waals surface area contributed by atoms with Crippen LogP contribution in [0.1, 0.15) is 6.92 Å². The lowest BCUT2D eigenvalue weighted by Gasteiger charge is -2.30. The monoisotopic (exact) mass is 349 g/mol. The number of nitriles is 1. The topological polar surface area (TPSA) is 42.2 Å². The Hall–Kier alpha value is -1.21. The summed E-state index contributed by atoms with van der Waals surface area (Å²) in [7, 11) is -2.78. The molecule has 1 unspecified atom stereocenters. The molecule has 0 aromatic rings. The molecule has 0 fully saturated rings.